The van der Waals surface area contributed by atoms with Crippen molar-refractivity contribution in [3.8, 4) is 0 Å². The number of rotatable bonds is 14. The Labute approximate surface area is 214 Å². The molecule has 194 valence electrons. The van der Waals surface area contributed by atoms with Crippen LogP contribution in [0.25, 0.3) is 0 Å². The van der Waals surface area contributed by atoms with Gasteiger partial charge in [0.1, 0.15) is 0 Å². The summed E-state index contributed by atoms with van der Waals surface area (Å²) < 4.78 is 39.0. The molecule has 0 amide bonds. The summed E-state index contributed by atoms with van der Waals surface area (Å²) in [5, 5.41) is 9.82. The SMILES string of the molecule is CCCCCc1ccc(S(=O)(=O)[AsH]C(C(C)C)P(=O)(O)CC(C(=O)O)c2cccc(CN)c2)cc1. The summed E-state index contributed by atoms with van der Waals surface area (Å²) in [5.74, 6) is -2.84. The molecule has 0 radical (unpaired) electrons. The van der Waals surface area contributed by atoms with Crippen molar-refractivity contribution in [1.82, 2.24) is 0 Å². The standard InChI is InChI=1S/C25H37AsNO6PS/c1-4-5-6-8-19-11-13-22(14-12-19)35(32,33)26-24(18(2)3)34(30,31)17-23(25(28)29)21-10-7-9-20(15-21)16-27/h7,9-15,18,23-24,26H,4-6,8,16-17,27H2,1-3H3,(H,28,29)(H,30,31). The number of unbranched alkanes of at least 4 members (excludes halogenated alkanes) is 2. The third-order valence-corrected chi connectivity index (χ3v) is 20.3. The Kier molecular flexibility index (Phi) is 11.2. The molecule has 0 saturated carbocycles. The molecule has 35 heavy (non-hydrogen) atoms. The van der Waals surface area contributed by atoms with Crippen LogP contribution in [0, 0.1) is 5.92 Å². The first-order chi connectivity index (χ1) is 16.4. The van der Waals surface area contributed by atoms with Gasteiger partial charge in [0.2, 0.25) is 0 Å². The second kappa shape index (κ2) is 13.2. The topological polar surface area (TPSA) is 135 Å². The molecule has 0 aliphatic heterocycles. The Hall–Kier alpha value is -1.43. The molecular formula is C25H37AsNO6PS. The van der Waals surface area contributed by atoms with Crippen molar-refractivity contribution in [1.29, 1.82) is 0 Å². The van der Waals surface area contributed by atoms with Crippen LogP contribution < -0.4 is 5.73 Å². The molecular weight excluding hydrogens is 548 g/mol. The van der Waals surface area contributed by atoms with Crippen LogP contribution in [0.4, 0.5) is 0 Å². The van der Waals surface area contributed by atoms with Crippen LogP contribution in [0.2, 0.25) is 0 Å². The molecule has 4 unspecified atom stereocenters. The molecule has 0 aromatic heterocycles. The Balaban J connectivity index is 2.27. The van der Waals surface area contributed by atoms with E-state index in [9.17, 15) is 27.8 Å². The van der Waals surface area contributed by atoms with Gasteiger partial charge in [-0.15, -0.1) is 0 Å². The molecule has 0 spiro atoms. The Morgan fingerprint density at radius 2 is 1.74 bits per heavy atom. The van der Waals surface area contributed by atoms with Gasteiger partial charge in [-0.2, -0.15) is 0 Å². The van der Waals surface area contributed by atoms with Crippen LogP contribution in [-0.4, -0.2) is 49.6 Å². The van der Waals surface area contributed by atoms with Crippen molar-refractivity contribution in [3.63, 3.8) is 0 Å². The molecule has 7 nitrogen and oxygen atoms in total. The van der Waals surface area contributed by atoms with Crippen LogP contribution in [-0.2, 0) is 30.4 Å². The second-order valence-corrected chi connectivity index (χ2v) is 20.5. The maximum atomic E-state index is 13.5. The summed E-state index contributed by atoms with van der Waals surface area (Å²) >= 11 is -1.98. The zero-order valence-electron chi connectivity index (χ0n) is 20.6. The van der Waals surface area contributed by atoms with Gasteiger partial charge >= 0.3 is 215 Å². The van der Waals surface area contributed by atoms with Crippen LogP contribution >= 0.6 is 7.37 Å². The number of aryl methyl sites for hydroxylation is 1. The summed E-state index contributed by atoms with van der Waals surface area (Å²) in [6.45, 7) is 5.77. The Morgan fingerprint density at radius 1 is 1.09 bits per heavy atom. The quantitative estimate of drug-likeness (QED) is 0.172. The molecule has 10 heteroatoms. The molecule has 0 saturated heterocycles. The first-order valence-electron chi connectivity index (χ1n) is 11.9. The third-order valence-electron chi connectivity index (χ3n) is 5.98. The molecule has 0 fully saturated rings. The minimum atomic E-state index is -4.14. The van der Waals surface area contributed by atoms with Crippen molar-refractivity contribution in [3.05, 3.63) is 65.2 Å². The fraction of sp³-hybridized carbons (Fsp3) is 0.480. The fourth-order valence-corrected chi connectivity index (χ4v) is 19.3. The molecule has 2 aromatic rings. The van der Waals surface area contributed by atoms with Gasteiger partial charge in [0.05, 0.1) is 0 Å². The summed E-state index contributed by atoms with van der Waals surface area (Å²) in [5.41, 5.74) is 7.83. The molecule has 4 N–H and O–H groups in total. The Bertz CT molecular complexity index is 1140. The zero-order chi connectivity index (χ0) is 26.2. The first kappa shape index (κ1) is 29.8. The monoisotopic (exact) mass is 585 g/mol. The van der Waals surface area contributed by atoms with Crippen molar-refractivity contribution < 1.29 is 27.8 Å². The van der Waals surface area contributed by atoms with Gasteiger partial charge in [-0.3, -0.25) is 0 Å². The third kappa shape index (κ3) is 8.58. The van der Waals surface area contributed by atoms with E-state index in [1.807, 2.05) is 12.1 Å². The number of hydrogen-bond acceptors (Lipinski definition) is 5. The molecule has 2 rings (SSSR count). The average molecular weight is 586 g/mol. The van der Waals surface area contributed by atoms with Crippen molar-refractivity contribution in [2.75, 3.05) is 6.16 Å². The summed E-state index contributed by atoms with van der Waals surface area (Å²) in [4.78, 5) is 23.3. The van der Waals surface area contributed by atoms with Crippen LogP contribution in [0.1, 0.15) is 62.6 Å². The summed E-state index contributed by atoms with van der Waals surface area (Å²) in [6.07, 6.45) is 3.62. The minimum absolute atomic E-state index is 0.160. The van der Waals surface area contributed by atoms with E-state index in [4.69, 9.17) is 5.73 Å². The fourth-order valence-electron chi connectivity index (χ4n) is 3.96. The van der Waals surface area contributed by atoms with E-state index in [-0.39, 0.29) is 11.4 Å². The maximum absolute atomic E-state index is 13.5. The van der Waals surface area contributed by atoms with E-state index in [2.05, 4.69) is 6.92 Å². The molecule has 2 aromatic carbocycles. The van der Waals surface area contributed by atoms with E-state index in [1.165, 1.54) is 0 Å². The van der Waals surface area contributed by atoms with E-state index in [1.54, 1.807) is 50.2 Å². The Morgan fingerprint density at radius 3 is 2.29 bits per heavy atom. The van der Waals surface area contributed by atoms with Crippen LogP contribution in [0.15, 0.2) is 53.4 Å². The number of carboxylic acids is 1. The van der Waals surface area contributed by atoms with Crippen LogP contribution in [0.5, 0.6) is 0 Å². The average Bonchev–Trinajstić information content (AvgIpc) is 2.81. The van der Waals surface area contributed by atoms with Gasteiger partial charge in [0.15, 0.2) is 0 Å². The zero-order valence-corrected chi connectivity index (χ0v) is 24.4. The second-order valence-electron chi connectivity index (χ2n) is 9.19. The number of benzene rings is 2. The molecule has 0 aliphatic rings. The van der Waals surface area contributed by atoms with Gasteiger partial charge in [0, 0.05) is 0 Å². The van der Waals surface area contributed by atoms with Crippen molar-refractivity contribution in [2.24, 2.45) is 11.7 Å². The van der Waals surface area contributed by atoms with E-state index in [0.29, 0.717) is 5.56 Å². The number of aliphatic carboxylic acids is 1. The normalized spacial score (nSPS) is 15.8. The van der Waals surface area contributed by atoms with Crippen molar-refractivity contribution >= 4 is 36.0 Å². The van der Waals surface area contributed by atoms with Gasteiger partial charge in [-0.1, -0.05) is 0 Å². The van der Waals surface area contributed by atoms with E-state index in [0.717, 1.165) is 36.8 Å². The first-order valence-corrected chi connectivity index (χ1v) is 19.0. The summed E-state index contributed by atoms with van der Waals surface area (Å²) in [6, 6.07) is 13.4. The number of nitrogens with two attached hydrogens (primary N) is 1. The van der Waals surface area contributed by atoms with Gasteiger partial charge in [-0.05, 0) is 0 Å². The van der Waals surface area contributed by atoms with E-state index >= 15 is 0 Å². The number of hydrogen-bond donors (Lipinski definition) is 3. The van der Waals surface area contributed by atoms with Crippen molar-refractivity contribution in [2.45, 2.75) is 68.3 Å². The molecule has 4 atom stereocenters. The summed E-state index contributed by atoms with van der Waals surface area (Å²) in [7, 11) is -7.87. The predicted molar refractivity (Wildman–Crippen MR) is 142 cm³/mol. The number of carbonyl (C=O) groups is 1. The van der Waals surface area contributed by atoms with Gasteiger partial charge in [0.25, 0.3) is 0 Å². The van der Waals surface area contributed by atoms with E-state index < -0.39 is 58.5 Å². The molecule has 0 heterocycles. The van der Waals surface area contributed by atoms with Gasteiger partial charge in [-0.25, -0.2) is 0 Å². The molecule has 0 bridgehead atoms. The van der Waals surface area contributed by atoms with Gasteiger partial charge < -0.3 is 0 Å². The molecule has 0 aliphatic carbocycles. The number of carboxylic acid groups (broad SMARTS) is 1. The predicted octanol–water partition coefficient (Wildman–Crippen LogP) is 4.12. The van der Waals surface area contributed by atoms with Crippen LogP contribution in [0.3, 0.4) is 0 Å².